The molecule has 26 heavy (non-hydrogen) atoms. The van der Waals surface area contributed by atoms with Crippen LogP contribution in [0.1, 0.15) is 35.8 Å². The summed E-state index contributed by atoms with van der Waals surface area (Å²) in [5.74, 6) is 3.43. The Morgan fingerprint density at radius 2 is 2.08 bits per heavy atom. The minimum atomic E-state index is 0.660. The SMILES string of the molecule is C1=C(Nc2cc(C3CC3)[nH]n2)n2ccnc2CN1/C=C/c1ccccc1. The number of hydrogen-bond donors (Lipinski definition) is 2. The van der Waals surface area contributed by atoms with Crippen LogP contribution in [-0.4, -0.2) is 24.6 Å². The maximum absolute atomic E-state index is 4.48. The molecular weight excluding hydrogens is 324 g/mol. The number of nitrogens with zero attached hydrogens (tertiary/aromatic N) is 4. The number of nitrogens with one attached hydrogen (secondary N) is 2. The van der Waals surface area contributed by atoms with Crippen LogP contribution in [0.3, 0.4) is 0 Å². The van der Waals surface area contributed by atoms with E-state index in [-0.39, 0.29) is 0 Å². The summed E-state index contributed by atoms with van der Waals surface area (Å²) in [5, 5.41) is 11.0. The number of hydrogen-bond acceptors (Lipinski definition) is 4. The van der Waals surface area contributed by atoms with E-state index in [0.29, 0.717) is 5.92 Å². The van der Waals surface area contributed by atoms with Crippen molar-refractivity contribution in [1.82, 2.24) is 24.6 Å². The van der Waals surface area contributed by atoms with Gasteiger partial charge in [0.1, 0.15) is 11.6 Å². The van der Waals surface area contributed by atoms with E-state index >= 15 is 0 Å². The molecule has 130 valence electrons. The normalized spacial score (nSPS) is 16.6. The summed E-state index contributed by atoms with van der Waals surface area (Å²) in [6, 6.07) is 12.4. The zero-order chi connectivity index (χ0) is 17.3. The van der Waals surface area contributed by atoms with Crippen molar-refractivity contribution in [2.24, 2.45) is 0 Å². The fourth-order valence-electron chi connectivity index (χ4n) is 3.17. The van der Waals surface area contributed by atoms with Gasteiger partial charge < -0.3 is 10.2 Å². The molecule has 1 aliphatic carbocycles. The average molecular weight is 344 g/mol. The molecule has 1 aromatic carbocycles. The molecule has 3 heterocycles. The smallest absolute Gasteiger partial charge is 0.153 e. The van der Waals surface area contributed by atoms with Gasteiger partial charge in [-0.05, 0) is 24.5 Å². The van der Waals surface area contributed by atoms with Crippen LogP contribution < -0.4 is 5.32 Å². The van der Waals surface area contributed by atoms with E-state index < -0.39 is 0 Å². The van der Waals surface area contributed by atoms with Gasteiger partial charge in [0.2, 0.25) is 0 Å². The predicted octanol–water partition coefficient (Wildman–Crippen LogP) is 3.84. The third-order valence-electron chi connectivity index (χ3n) is 4.72. The molecular formula is C20H20N6. The van der Waals surface area contributed by atoms with E-state index in [4.69, 9.17) is 0 Å². The number of imidazole rings is 1. The Balaban J connectivity index is 1.39. The van der Waals surface area contributed by atoms with Crippen molar-refractivity contribution in [3.05, 3.63) is 78.3 Å². The number of aromatic nitrogens is 4. The Hall–Kier alpha value is -3.28. The van der Waals surface area contributed by atoms with E-state index in [1.165, 1.54) is 24.1 Å². The summed E-state index contributed by atoms with van der Waals surface area (Å²) in [6.07, 6.45) is 12.6. The number of fused-ring (bicyclic) bond motifs is 1. The molecule has 0 saturated heterocycles. The molecule has 2 aromatic heterocycles. The lowest BCUT2D eigenvalue weighted by atomic mass is 10.2. The lowest BCUT2D eigenvalue weighted by Crippen LogP contribution is -2.23. The molecule has 2 N–H and O–H groups in total. The Bertz CT molecular complexity index is 961. The van der Waals surface area contributed by atoms with Gasteiger partial charge in [0, 0.05) is 42.5 Å². The largest absolute Gasteiger partial charge is 0.343 e. The van der Waals surface area contributed by atoms with Gasteiger partial charge in [0.05, 0.1) is 6.54 Å². The van der Waals surface area contributed by atoms with Crippen LogP contribution in [0.2, 0.25) is 0 Å². The van der Waals surface area contributed by atoms with Gasteiger partial charge >= 0.3 is 0 Å². The molecule has 1 aliphatic heterocycles. The summed E-state index contributed by atoms with van der Waals surface area (Å²) in [5.41, 5.74) is 2.39. The van der Waals surface area contributed by atoms with Crippen LogP contribution in [0.5, 0.6) is 0 Å². The third kappa shape index (κ3) is 3.01. The summed E-state index contributed by atoms with van der Waals surface area (Å²) < 4.78 is 2.07. The Morgan fingerprint density at radius 1 is 1.19 bits per heavy atom. The molecule has 0 bridgehead atoms. The summed E-state index contributed by atoms with van der Waals surface area (Å²) in [6.45, 7) is 0.732. The van der Waals surface area contributed by atoms with Crippen LogP contribution in [0.15, 0.2) is 61.2 Å². The van der Waals surface area contributed by atoms with Gasteiger partial charge in [-0.15, -0.1) is 0 Å². The number of H-pyrrole nitrogens is 1. The first-order valence-electron chi connectivity index (χ1n) is 8.91. The average Bonchev–Trinajstić information content (AvgIpc) is 3.22. The first kappa shape index (κ1) is 15.0. The summed E-state index contributed by atoms with van der Waals surface area (Å²) in [7, 11) is 0. The minimum absolute atomic E-state index is 0.660. The standard InChI is InChI=1S/C20H20N6/c1-2-4-15(5-3-1)8-10-25-13-19-21-9-11-26(19)20(14-25)22-18-12-17(23-24-18)16-6-7-16/h1-5,8-12,14,16H,6-7,13H2,(H2,22,23,24)/b10-8+. The highest BCUT2D eigenvalue weighted by molar-refractivity contribution is 5.64. The first-order valence-corrected chi connectivity index (χ1v) is 8.91. The second-order valence-electron chi connectivity index (χ2n) is 6.73. The Kier molecular flexibility index (Phi) is 3.59. The van der Waals surface area contributed by atoms with Gasteiger partial charge in [-0.3, -0.25) is 9.67 Å². The molecule has 1 saturated carbocycles. The Morgan fingerprint density at radius 3 is 2.92 bits per heavy atom. The molecule has 0 amide bonds. The van der Waals surface area contributed by atoms with E-state index in [1.807, 2.05) is 30.6 Å². The van der Waals surface area contributed by atoms with E-state index in [0.717, 1.165) is 24.0 Å². The molecule has 0 radical (unpaired) electrons. The molecule has 3 aromatic rings. The lowest BCUT2D eigenvalue weighted by Gasteiger charge is -2.25. The van der Waals surface area contributed by atoms with Crippen molar-refractivity contribution in [1.29, 1.82) is 0 Å². The zero-order valence-corrected chi connectivity index (χ0v) is 14.3. The topological polar surface area (TPSA) is 61.8 Å². The highest BCUT2D eigenvalue weighted by Crippen LogP contribution is 2.39. The molecule has 0 spiro atoms. The quantitative estimate of drug-likeness (QED) is 0.738. The van der Waals surface area contributed by atoms with Crippen molar-refractivity contribution in [3.63, 3.8) is 0 Å². The molecule has 5 rings (SSSR count). The van der Waals surface area contributed by atoms with E-state index in [2.05, 4.69) is 66.6 Å². The van der Waals surface area contributed by atoms with Crippen LogP contribution in [0.4, 0.5) is 5.82 Å². The second kappa shape index (κ2) is 6.22. The third-order valence-corrected chi connectivity index (χ3v) is 4.72. The maximum atomic E-state index is 4.48. The minimum Gasteiger partial charge on any atom is -0.343 e. The fraction of sp³-hybridized carbons (Fsp3) is 0.200. The molecule has 6 heteroatoms. The predicted molar refractivity (Wildman–Crippen MR) is 102 cm³/mol. The molecule has 2 aliphatic rings. The number of anilines is 1. The van der Waals surface area contributed by atoms with Crippen LogP contribution in [0.25, 0.3) is 11.9 Å². The van der Waals surface area contributed by atoms with Gasteiger partial charge in [0.15, 0.2) is 5.82 Å². The lowest BCUT2D eigenvalue weighted by molar-refractivity contribution is 0.466. The van der Waals surface area contributed by atoms with Crippen LogP contribution in [0, 0.1) is 0 Å². The number of rotatable bonds is 5. The van der Waals surface area contributed by atoms with Crippen LogP contribution in [-0.2, 0) is 6.54 Å². The molecule has 0 unspecified atom stereocenters. The fourth-order valence-corrected chi connectivity index (χ4v) is 3.17. The molecule has 0 atom stereocenters. The van der Waals surface area contributed by atoms with E-state index in [1.54, 1.807) is 0 Å². The zero-order valence-electron chi connectivity index (χ0n) is 14.3. The molecule has 6 nitrogen and oxygen atoms in total. The van der Waals surface area contributed by atoms with Crippen molar-refractivity contribution < 1.29 is 0 Å². The van der Waals surface area contributed by atoms with Crippen molar-refractivity contribution >= 4 is 17.7 Å². The number of benzene rings is 1. The van der Waals surface area contributed by atoms with Crippen molar-refractivity contribution in [2.45, 2.75) is 25.3 Å². The van der Waals surface area contributed by atoms with Gasteiger partial charge in [-0.2, -0.15) is 5.10 Å². The van der Waals surface area contributed by atoms with E-state index in [9.17, 15) is 0 Å². The molecule has 1 fully saturated rings. The summed E-state index contributed by atoms with van der Waals surface area (Å²) >= 11 is 0. The summed E-state index contributed by atoms with van der Waals surface area (Å²) in [4.78, 5) is 6.61. The first-order chi connectivity index (χ1) is 12.8. The van der Waals surface area contributed by atoms with Crippen molar-refractivity contribution in [3.8, 4) is 0 Å². The number of aromatic amines is 1. The van der Waals surface area contributed by atoms with Gasteiger partial charge in [0.25, 0.3) is 0 Å². The second-order valence-corrected chi connectivity index (χ2v) is 6.73. The Labute approximate surface area is 151 Å². The van der Waals surface area contributed by atoms with Gasteiger partial charge in [-0.25, -0.2) is 4.98 Å². The van der Waals surface area contributed by atoms with Crippen LogP contribution >= 0.6 is 0 Å². The van der Waals surface area contributed by atoms with Gasteiger partial charge in [-0.1, -0.05) is 30.3 Å². The monoisotopic (exact) mass is 344 g/mol. The maximum Gasteiger partial charge on any atom is 0.153 e. The highest BCUT2D eigenvalue weighted by Gasteiger charge is 2.26. The van der Waals surface area contributed by atoms with Crippen molar-refractivity contribution in [2.75, 3.05) is 5.32 Å². The highest BCUT2D eigenvalue weighted by atomic mass is 15.3.